The topological polar surface area (TPSA) is 100 Å². The Kier molecular flexibility index (Phi) is 5.64. The summed E-state index contributed by atoms with van der Waals surface area (Å²) >= 11 is 0. The van der Waals surface area contributed by atoms with Crippen LogP contribution in [0.3, 0.4) is 0 Å². The molecule has 29 heavy (non-hydrogen) atoms. The molecule has 0 spiro atoms. The van der Waals surface area contributed by atoms with Gasteiger partial charge in [0.15, 0.2) is 0 Å². The van der Waals surface area contributed by atoms with Gasteiger partial charge in [0.1, 0.15) is 23.0 Å². The molecule has 1 aliphatic rings. The van der Waals surface area contributed by atoms with Crippen LogP contribution in [-0.2, 0) is 17.8 Å². The molecule has 0 saturated carbocycles. The Hall–Kier alpha value is -3.49. The van der Waals surface area contributed by atoms with Crippen LogP contribution in [-0.4, -0.2) is 52.4 Å². The van der Waals surface area contributed by atoms with Crippen LogP contribution < -0.4 is 15.1 Å². The molecule has 0 aromatic carbocycles. The van der Waals surface area contributed by atoms with Crippen LogP contribution in [0.1, 0.15) is 17.0 Å². The number of hydrogen-bond donors (Lipinski definition) is 1. The van der Waals surface area contributed by atoms with Crippen LogP contribution >= 0.6 is 0 Å². The Morgan fingerprint density at radius 3 is 2.55 bits per heavy atom. The smallest absolute Gasteiger partial charge is 0.226 e. The maximum absolute atomic E-state index is 12.3. The van der Waals surface area contributed by atoms with Crippen molar-refractivity contribution in [2.24, 2.45) is 0 Å². The van der Waals surface area contributed by atoms with E-state index in [4.69, 9.17) is 0 Å². The highest BCUT2D eigenvalue weighted by Crippen LogP contribution is 2.21. The summed E-state index contributed by atoms with van der Waals surface area (Å²) in [5, 5.41) is 10.4. The molecular weight excluding hydrogens is 370 g/mol. The fourth-order valence-corrected chi connectivity index (χ4v) is 3.36. The van der Waals surface area contributed by atoms with Crippen molar-refractivity contribution < 1.29 is 9.42 Å². The fourth-order valence-electron chi connectivity index (χ4n) is 3.36. The molecule has 0 bridgehead atoms. The van der Waals surface area contributed by atoms with Gasteiger partial charge in [0.2, 0.25) is 5.91 Å². The predicted octanol–water partition coefficient (Wildman–Crippen LogP) is 1.35. The van der Waals surface area contributed by atoms with Gasteiger partial charge in [-0.05, 0) is 25.1 Å². The predicted molar refractivity (Wildman–Crippen MR) is 107 cm³/mol. The molecule has 9 nitrogen and oxygen atoms in total. The first-order valence-corrected chi connectivity index (χ1v) is 9.60. The minimum absolute atomic E-state index is 0.126. The van der Waals surface area contributed by atoms with Gasteiger partial charge in [-0.2, -0.15) is 0 Å². The Morgan fingerprint density at radius 1 is 1.03 bits per heavy atom. The number of anilines is 2. The molecular formula is C20H23N7O2. The van der Waals surface area contributed by atoms with Crippen LogP contribution in [0.2, 0.25) is 0 Å². The van der Waals surface area contributed by atoms with Gasteiger partial charge in [-0.15, -0.1) is 0 Å². The minimum Gasteiger partial charge on any atom is -0.353 e. The summed E-state index contributed by atoms with van der Waals surface area (Å²) in [5.41, 5.74) is 2.18. The molecule has 4 rings (SSSR count). The Labute approximate surface area is 168 Å². The molecule has 1 amide bonds. The number of carbonyl (C=O) groups is 1. The van der Waals surface area contributed by atoms with E-state index in [9.17, 15) is 4.79 Å². The lowest BCUT2D eigenvalue weighted by molar-refractivity contribution is -0.120. The number of nitrogens with one attached hydrogen (secondary N) is 1. The number of pyridine rings is 2. The van der Waals surface area contributed by atoms with Gasteiger partial charge in [-0.3, -0.25) is 4.79 Å². The van der Waals surface area contributed by atoms with Crippen molar-refractivity contribution in [2.45, 2.75) is 19.9 Å². The molecule has 1 aliphatic heterocycles. The molecule has 150 valence electrons. The van der Waals surface area contributed by atoms with Crippen molar-refractivity contribution in [3.8, 4) is 0 Å². The quantitative estimate of drug-likeness (QED) is 0.670. The van der Waals surface area contributed by atoms with Crippen LogP contribution in [0.25, 0.3) is 0 Å². The van der Waals surface area contributed by atoms with E-state index in [1.807, 2.05) is 36.5 Å². The van der Waals surface area contributed by atoms with E-state index in [1.54, 1.807) is 13.1 Å². The first-order chi connectivity index (χ1) is 14.2. The van der Waals surface area contributed by atoms with Gasteiger partial charge < -0.3 is 15.1 Å². The zero-order chi connectivity index (χ0) is 20.1. The first-order valence-electron chi connectivity index (χ1n) is 9.60. The summed E-state index contributed by atoms with van der Waals surface area (Å²) in [6, 6.07) is 9.85. The highest BCUT2D eigenvalue weighted by molar-refractivity contribution is 5.78. The number of piperazine rings is 1. The van der Waals surface area contributed by atoms with Crippen molar-refractivity contribution >= 4 is 17.5 Å². The van der Waals surface area contributed by atoms with E-state index in [-0.39, 0.29) is 12.3 Å². The third-order valence-corrected chi connectivity index (χ3v) is 4.97. The van der Waals surface area contributed by atoms with Gasteiger partial charge in [0, 0.05) is 50.7 Å². The molecule has 9 heteroatoms. The zero-order valence-electron chi connectivity index (χ0n) is 16.3. The lowest BCUT2D eigenvalue weighted by Crippen LogP contribution is -2.47. The number of aryl methyl sites for hydroxylation is 1. The summed E-state index contributed by atoms with van der Waals surface area (Å²) in [7, 11) is 0. The summed E-state index contributed by atoms with van der Waals surface area (Å²) < 4.78 is 4.64. The highest BCUT2D eigenvalue weighted by atomic mass is 16.6. The standard InChI is InChI=1S/C20H23N7O2/c1-15-17(25-29-24-15)13-19(28)23-14-16-5-4-8-22-20(16)27-11-9-26(10-12-27)18-6-2-3-7-21-18/h2-8H,9-14H2,1H3,(H,23,28). The number of amides is 1. The second-order valence-corrected chi connectivity index (χ2v) is 6.90. The van der Waals surface area contributed by atoms with Crippen molar-refractivity contribution in [3.63, 3.8) is 0 Å². The van der Waals surface area contributed by atoms with E-state index in [1.165, 1.54) is 0 Å². The van der Waals surface area contributed by atoms with Crippen LogP contribution in [0.5, 0.6) is 0 Å². The maximum Gasteiger partial charge on any atom is 0.226 e. The third kappa shape index (κ3) is 4.50. The van der Waals surface area contributed by atoms with Crippen LogP contribution in [0, 0.1) is 6.92 Å². The van der Waals surface area contributed by atoms with Gasteiger partial charge in [0.25, 0.3) is 0 Å². The zero-order valence-corrected chi connectivity index (χ0v) is 16.3. The van der Waals surface area contributed by atoms with Crippen LogP contribution in [0.15, 0.2) is 47.4 Å². The Bertz CT molecular complexity index is 952. The van der Waals surface area contributed by atoms with Crippen molar-refractivity contribution in [2.75, 3.05) is 36.0 Å². The molecule has 4 heterocycles. The van der Waals surface area contributed by atoms with Crippen LogP contribution in [0.4, 0.5) is 11.6 Å². The van der Waals surface area contributed by atoms with E-state index in [0.29, 0.717) is 17.9 Å². The molecule has 0 unspecified atom stereocenters. The van der Waals surface area contributed by atoms with E-state index in [0.717, 1.165) is 43.4 Å². The molecule has 0 atom stereocenters. The SMILES string of the molecule is Cc1nonc1CC(=O)NCc1cccnc1N1CCN(c2ccccn2)CC1. The average Bonchev–Trinajstić information content (AvgIpc) is 3.17. The maximum atomic E-state index is 12.3. The van der Waals surface area contributed by atoms with Gasteiger partial charge in [-0.25, -0.2) is 14.6 Å². The molecule has 0 aliphatic carbocycles. The summed E-state index contributed by atoms with van der Waals surface area (Å²) in [4.78, 5) is 25.8. The number of nitrogens with zero attached hydrogens (tertiary/aromatic N) is 6. The average molecular weight is 393 g/mol. The number of rotatable bonds is 6. The molecule has 1 saturated heterocycles. The largest absolute Gasteiger partial charge is 0.353 e. The summed E-state index contributed by atoms with van der Waals surface area (Å²) in [6.07, 6.45) is 3.75. The molecule has 1 N–H and O–H groups in total. The van der Waals surface area contributed by atoms with Gasteiger partial charge in [-0.1, -0.05) is 22.4 Å². The number of carbonyl (C=O) groups excluding carboxylic acids is 1. The Balaban J connectivity index is 1.36. The lowest BCUT2D eigenvalue weighted by atomic mass is 10.2. The molecule has 3 aromatic rings. The van der Waals surface area contributed by atoms with Crippen molar-refractivity contribution in [1.29, 1.82) is 0 Å². The van der Waals surface area contributed by atoms with E-state index < -0.39 is 0 Å². The second kappa shape index (κ2) is 8.68. The van der Waals surface area contributed by atoms with Crippen molar-refractivity contribution in [3.05, 3.63) is 59.7 Å². The number of aromatic nitrogens is 4. The van der Waals surface area contributed by atoms with E-state index >= 15 is 0 Å². The molecule has 1 fully saturated rings. The van der Waals surface area contributed by atoms with E-state index in [2.05, 4.69) is 40.0 Å². The third-order valence-electron chi connectivity index (χ3n) is 4.97. The second-order valence-electron chi connectivity index (χ2n) is 6.90. The van der Waals surface area contributed by atoms with Gasteiger partial charge >= 0.3 is 0 Å². The first kappa shape index (κ1) is 18.9. The number of hydrogen-bond acceptors (Lipinski definition) is 8. The van der Waals surface area contributed by atoms with Gasteiger partial charge in [0.05, 0.1) is 6.42 Å². The van der Waals surface area contributed by atoms with Crippen molar-refractivity contribution in [1.82, 2.24) is 25.6 Å². The molecule has 0 radical (unpaired) electrons. The normalized spacial score (nSPS) is 14.1. The minimum atomic E-state index is -0.126. The highest BCUT2D eigenvalue weighted by Gasteiger charge is 2.21. The molecule has 3 aromatic heterocycles. The summed E-state index contributed by atoms with van der Waals surface area (Å²) in [6.45, 7) is 5.61. The fraction of sp³-hybridized carbons (Fsp3) is 0.350. The monoisotopic (exact) mass is 393 g/mol. The summed E-state index contributed by atoms with van der Waals surface area (Å²) in [5.74, 6) is 1.78. The Morgan fingerprint density at radius 2 is 1.83 bits per heavy atom. The lowest BCUT2D eigenvalue weighted by Gasteiger charge is -2.36.